The second kappa shape index (κ2) is 8.26. The average Bonchev–Trinajstić information content (AvgIpc) is 3.22. The topological polar surface area (TPSA) is 23.5 Å². The van der Waals surface area contributed by atoms with Gasteiger partial charge in [-0.2, -0.15) is 4.57 Å². The standard InChI is InChI=1S/C27H34N3O/c1-8-28-22-14-18(4)19(5)15-23(22)29(9-2)26(28)12-11-13-27-30(10-3)24-16-20(6)21(7)17-25(24)31-27/h11-17H,8-10H2,1-7H3/q+1. The van der Waals surface area contributed by atoms with E-state index in [1.54, 1.807) is 0 Å². The molecule has 1 aliphatic rings. The molecule has 4 heteroatoms. The fraction of sp³-hybridized carbons (Fsp3) is 0.370. The lowest BCUT2D eigenvalue weighted by Gasteiger charge is -2.23. The normalized spacial score (nSPS) is 13.7. The number of oxazole rings is 1. The highest BCUT2D eigenvalue weighted by Crippen LogP contribution is 2.42. The monoisotopic (exact) mass is 416 g/mol. The van der Waals surface area contributed by atoms with E-state index in [0.29, 0.717) is 0 Å². The van der Waals surface area contributed by atoms with E-state index in [1.165, 1.54) is 39.4 Å². The van der Waals surface area contributed by atoms with Crippen molar-refractivity contribution in [1.29, 1.82) is 0 Å². The van der Waals surface area contributed by atoms with Crippen molar-refractivity contribution in [2.24, 2.45) is 0 Å². The van der Waals surface area contributed by atoms with E-state index in [0.717, 1.165) is 36.6 Å². The van der Waals surface area contributed by atoms with E-state index in [4.69, 9.17) is 4.42 Å². The minimum absolute atomic E-state index is 0.873. The molecule has 2 aromatic carbocycles. The number of fused-ring (bicyclic) bond motifs is 2. The van der Waals surface area contributed by atoms with Gasteiger partial charge in [-0.15, -0.1) is 0 Å². The average molecular weight is 417 g/mol. The number of hydrogen-bond donors (Lipinski definition) is 0. The summed E-state index contributed by atoms with van der Waals surface area (Å²) in [5, 5.41) is 0. The summed E-state index contributed by atoms with van der Waals surface area (Å²) in [5.74, 6) is 2.10. The first-order valence-corrected chi connectivity index (χ1v) is 11.4. The van der Waals surface area contributed by atoms with Gasteiger partial charge in [0.2, 0.25) is 5.58 Å². The molecule has 0 atom stereocenters. The molecule has 0 radical (unpaired) electrons. The van der Waals surface area contributed by atoms with Crippen LogP contribution in [-0.2, 0) is 6.54 Å². The Labute approximate surface area is 186 Å². The van der Waals surface area contributed by atoms with E-state index in [2.05, 4.69) is 105 Å². The number of anilines is 2. The van der Waals surface area contributed by atoms with E-state index in [-0.39, 0.29) is 0 Å². The van der Waals surface area contributed by atoms with Crippen LogP contribution >= 0.6 is 0 Å². The van der Waals surface area contributed by atoms with Crippen LogP contribution in [0.4, 0.5) is 11.4 Å². The van der Waals surface area contributed by atoms with Crippen molar-refractivity contribution in [3.63, 3.8) is 0 Å². The van der Waals surface area contributed by atoms with Crippen LogP contribution in [-0.4, -0.2) is 13.1 Å². The Kier molecular flexibility index (Phi) is 5.65. The molecule has 3 aromatic rings. The summed E-state index contributed by atoms with van der Waals surface area (Å²) in [5.41, 5.74) is 9.91. The molecule has 1 aliphatic heterocycles. The minimum atomic E-state index is 0.873. The molecule has 162 valence electrons. The van der Waals surface area contributed by atoms with Gasteiger partial charge in [0.05, 0.1) is 17.5 Å². The summed E-state index contributed by atoms with van der Waals surface area (Å²) in [6, 6.07) is 9.00. The van der Waals surface area contributed by atoms with Crippen molar-refractivity contribution >= 4 is 28.6 Å². The number of aryl methyl sites for hydroxylation is 5. The predicted octanol–water partition coefficient (Wildman–Crippen LogP) is 6.19. The van der Waals surface area contributed by atoms with Gasteiger partial charge >= 0.3 is 5.89 Å². The van der Waals surface area contributed by atoms with Crippen molar-refractivity contribution in [3.05, 3.63) is 70.4 Å². The molecule has 0 fully saturated rings. The lowest BCUT2D eigenvalue weighted by atomic mass is 10.1. The first kappa shape index (κ1) is 21.2. The quantitative estimate of drug-likeness (QED) is 0.463. The number of nitrogens with zero attached hydrogens (tertiary/aromatic N) is 3. The summed E-state index contributed by atoms with van der Waals surface area (Å²) >= 11 is 0. The zero-order valence-electron chi connectivity index (χ0n) is 19.9. The summed E-state index contributed by atoms with van der Waals surface area (Å²) in [4.78, 5) is 4.80. The highest BCUT2D eigenvalue weighted by molar-refractivity contribution is 5.84. The van der Waals surface area contributed by atoms with Crippen molar-refractivity contribution in [2.75, 3.05) is 22.9 Å². The lowest BCUT2D eigenvalue weighted by Crippen LogP contribution is -2.33. The van der Waals surface area contributed by atoms with Crippen LogP contribution in [0.3, 0.4) is 0 Å². The molecule has 0 aliphatic carbocycles. The molecular weight excluding hydrogens is 382 g/mol. The Morgan fingerprint density at radius 3 is 1.90 bits per heavy atom. The maximum absolute atomic E-state index is 6.21. The number of hydrogen-bond acceptors (Lipinski definition) is 3. The Hall–Kier alpha value is -3.01. The molecule has 1 aromatic heterocycles. The van der Waals surface area contributed by atoms with Gasteiger partial charge in [-0.1, -0.05) is 0 Å². The lowest BCUT2D eigenvalue weighted by molar-refractivity contribution is -0.674. The Balaban J connectivity index is 1.74. The van der Waals surface area contributed by atoms with Gasteiger partial charge in [0.25, 0.3) is 5.52 Å². The van der Waals surface area contributed by atoms with Crippen molar-refractivity contribution in [2.45, 2.75) is 55.0 Å². The number of aromatic nitrogens is 1. The molecule has 0 bridgehead atoms. The van der Waals surface area contributed by atoms with Gasteiger partial charge in [-0.05, 0) is 101 Å². The third-order valence-corrected chi connectivity index (χ3v) is 6.50. The van der Waals surface area contributed by atoms with Crippen LogP contribution in [0.1, 0.15) is 48.9 Å². The van der Waals surface area contributed by atoms with Crippen molar-refractivity contribution in [1.82, 2.24) is 0 Å². The molecule has 0 saturated heterocycles. The number of rotatable bonds is 5. The summed E-state index contributed by atoms with van der Waals surface area (Å²) in [6.45, 7) is 18.0. The molecule has 31 heavy (non-hydrogen) atoms. The highest BCUT2D eigenvalue weighted by Gasteiger charge is 2.29. The Morgan fingerprint density at radius 1 is 0.806 bits per heavy atom. The van der Waals surface area contributed by atoms with Crippen LogP contribution in [0.5, 0.6) is 0 Å². The molecule has 0 saturated carbocycles. The van der Waals surface area contributed by atoms with Gasteiger partial charge in [-0.25, -0.2) is 0 Å². The molecule has 0 N–H and O–H groups in total. The first-order chi connectivity index (χ1) is 14.9. The molecular formula is C27H34N3O+. The smallest absolute Gasteiger partial charge is 0.374 e. The minimum Gasteiger partial charge on any atom is -0.398 e. The maximum Gasteiger partial charge on any atom is 0.374 e. The third kappa shape index (κ3) is 3.54. The SMILES string of the molecule is CCN1C(=CC=Cc2oc3cc(C)c(C)cc3[n+]2CC)N(CC)c2cc(C)c(C)cc21. The van der Waals surface area contributed by atoms with Crippen LogP contribution in [0, 0.1) is 27.7 Å². The predicted molar refractivity (Wildman–Crippen MR) is 131 cm³/mol. The largest absolute Gasteiger partial charge is 0.398 e. The van der Waals surface area contributed by atoms with Crippen LogP contribution in [0.15, 0.2) is 46.7 Å². The van der Waals surface area contributed by atoms with E-state index in [9.17, 15) is 0 Å². The number of allylic oxidation sites excluding steroid dienone is 2. The van der Waals surface area contributed by atoms with E-state index >= 15 is 0 Å². The van der Waals surface area contributed by atoms with Gasteiger partial charge < -0.3 is 14.2 Å². The summed E-state index contributed by atoms with van der Waals surface area (Å²) in [6.07, 6.45) is 6.42. The van der Waals surface area contributed by atoms with Crippen molar-refractivity contribution < 1.29 is 8.98 Å². The zero-order valence-corrected chi connectivity index (χ0v) is 19.9. The number of benzene rings is 2. The van der Waals surface area contributed by atoms with Gasteiger partial charge in [0.15, 0.2) is 0 Å². The molecule has 4 nitrogen and oxygen atoms in total. The van der Waals surface area contributed by atoms with Gasteiger partial charge in [0, 0.05) is 19.2 Å². The van der Waals surface area contributed by atoms with Crippen LogP contribution < -0.4 is 14.4 Å². The molecule has 0 spiro atoms. The Bertz CT molecular complexity index is 1160. The van der Waals surface area contributed by atoms with Crippen LogP contribution in [0.2, 0.25) is 0 Å². The molecule has 2 heterocycles. The second-order valence-corrected chi connectivity index (χ2v) is 8.39. The second-order valence-electron chi connectivity index (χ2n) is 8.39. The summed E-state index contributed by atoms with van der Waals surface area (Å²) < 4.78 is 8.45. The van der Waals surface area contributed by atoms with E-state index in [1.807, 2.05) is 0 Å². The van der Waals surface area contributed by atoms with Crippen molar-refractivity contribution in [3.8, 4) is 0 Å². The fourth-order valence-corrected chi connectivity index (χ4v) is 4.48. The van der Waals surface area contributed by atoms with E-state index < -0.39 is 0 Å². The molecule has 0 amide bonds. The fourth-order valence-electron chi connectivity index (χ4n) is 4.48. The van der Waals surface area contributed by atoms with Gasteiger partial charge in [0.1, 0.15) is 12.4 Å². The Morgan fingerprint density at radius 2 is 1.35 bits per heavy atom. The maximum atomic E-state index is 6.21. The van der Waals surface area contributed by atoms with Crippen LogP contribution in [0.25, 0.3) is 17.2 Å². The summed E-state index contributed by atoms with van der Waals surface area (Å²) in [7, 11) is 0. The molecule has 0 unspecified atom stereocenters. The third-order valence-electron chi connectivity index (χ3n) is 6.50. The first-order valence-electron chi connectivity index (χ1n) is 11.4. The highest BCUT2D eigenvalue weighted by atomic mass is 16.3. The van der Waals surface area contributed by atoms with Gasteiger partial charge in [-0.3, -0.25) is 0 Å². The molecule has 4 rings (SSSR count). The zero-order chi connectivity index (χ0) is 22.3.